The Labute approximate surface area is 152 Å². The van der Waals surface area contributed by atoms with E-state index in [9.17, 15) is 9.90 Å². The Morgan fingerprint density at radius 3 is 2.52 bits per heavy atom. The van der Waals surface area contributed by atoms with Crippen LogP contribution in [0.2, 0.25) is 5.02 Å². The van der Waals surface area contributed by atoms with E-state index in [1.807, 2.05) is 24.3 Å². The molecule has 0 bridgehead atoms. The van der Waals surface area contributed by atoms with Gasteiger partial charge in [-0.05, 0) is 29.7 Å². The molecule has 0 aromatic heterocycles. The fraction of sp³-hybridized carbons (Fsp3) is 0.316. The maximum absolute atomic E-state index is 12.1. The fourth-order valence-electron chi connectivity index (χ4n) is 2.55. The van der Waals surface area contributed by atoms with Crippen molar-refractivity contribution in [3.05, 3.63) is 58.6 Å². The van der Waals surface area contributed by atoms with Gasteiger partial charge in [-0.1, -0.05) is 41.9 Å². The van der Waals surface area contributed by atoms with Crippen LogP contribution in [-0.4, -0.2) is 37.9 Å². The van der Waals surface area contributed by atoms with Gasteiger partial charge in [0.15, 0.2) is 11.5 Å². The van der Waals surface area contributed by atoms with Crippen molar-refractivity contribution >= 4 is 17.5 Å². The smallest absolute Gasteiger partial charge is 0.249 e. The zero-order chi connectivity index (χ0) is 18.2. The van der Waals surface area contributed by atoms with Crippen LogP contribution >= 0.6 is 11.6 Å². The molecule has 134 valence electrons. The van der Waals surface area contributed by atoms with E-state index < -0.39 is 12.0 Å². The summed E-state index contributed by atoms with van der Waals surface area (Å²) in [7, 11) is 3.15. The number of aliphatic hydroxyl groups is 1. The molecule has 6 heteroatoms. The lowest BCUT2D eigenvalue weighted by Crippen LogP contribution is -2.37. The number of methoxy groups -OCH3 is 2. The molecule has 0 radical (unpaired) electrons. The van der Waals surface area contributed by atoms with Crippen molar-refractivity contribution in [2.75, 3.05) is 20.8 Å². The van der Waals surface area contributed by atoms with E-state index >= 15 is 0 Å². The van der Waals surface area contributed by atoms with Crippen LogP contribution in [0.5, 0.6) is 11.5 Å². The number of amides is 1. The summed E-state index contributed by atoms with van der Waals surface area (Å²) in [4.78, 5) is 12.1. The minimum absolute atomic E-state index is 0.175. The number of benzene rings is 2. The van der Waals surface area contributed by atoms with Gasteiger partial charge in [0, 0.05) is 18.0 Å². The van der Waals surface area contributed by atoms with Crippen molar-refractivity contribution in [2.45, 2.75) is 18.9 Å². The topological polar surface area (TPSA) is 67.8 Å². The van der Waals surface area contributed by atoms with Crippen LogP contribution in [-0.2, 0) is 17.6 Å². The van der Waals surface area contributed by atoms with Crippen molar-refractivity contribution < 1.29 is 19.4 Å². The molecule has 0 aliphatic heterocycles. The summed E-state index contributed by atoms with van der Waals surface area (Å²) in [6.07, 6.45) is -0.411. The zero-order valence-electron chi connectivity index (χ0n) is 14.3. The first kappa shape index (κ1) is 19.1. The van der Waals surface area contributed by atoms with Crippen LogP contribution in [0.1, 0.15) is 11.1 Å². The number of nitrogens with one attached hydrogen (secondary N) is 1. The molecule has 1 atom stereocenters. The number of hydrogen-bond acceptors (Lipinski definition) is 4. The molecule has 25 heavy (non-hydrogen) atoms. The van der Waals surface area contributed by atoms with Crippen molar-refractivity contribution in [1.29, 1.82) is 0 Å². The van der Waals surface area contributed by atoms with E-state index in [-0.39, 0.29) is 6.42 Å². The highest BCUT2D eigenvalue weighted by Crippen LogP contribution is 2.30. The van der Waals surface area contributed by atoms with E-state index in [1.165, 1.54) is 0 Å². The average Bonchev–Trinajstić information content (AvgIpc) is 2.63. The van der Waals surface area contributed by atoms with Gasteiger partial charge >= 0.3 is 0 Å². The lowest BCUT2D eigenvalue weighted by Gasteiger charge is -2.14. The molecular formula is C19H22ClNO4. The molecule has 2 N–H and O–H groups in total. The Morgan fingerprint density at radius 2 is 1.84 bits per heavy atom. The number of carbonyl (C=O) groups excluding carboxylic acids is 1. The van der Waals surface area contributed by atoms with E-state index in [1.54, 1.807) is 32.4 Å². The van der Waals surface area contributed by atoms with Crippen molar-refractivity contribution in [2.24, 2.45) is 0 Å². The highest BCUT2D eigenvalue weighted by molar-refractivity contribution is 6.31. The second-order valence-electron chi connectivity index (χ2n) is 5.51. The molecular weight excluding hydrogens is 342 g/mol. The third-order valence-corrected chi connectivity index (χ3v) is 4.22. The normalized spacial score (nSPS) is 11.7. The number of carbonyl (C=O) groups is 1. The van der Waals surface area contributed by atoms with Gasteiger partial charge in [-0.15, -0.1) is 0 Å². The van der Waals surface area contributed by atoms with Crippen LogP contribution in [0.25, 0.3) is 0 Å². The summed E-state index contributed by atoms with van der Waals surface area (Å²) >= 11 is 6.05. The highest BCUT2D eigenvalue weighted by atomic mass is 35.5. The maximum Gasteiger partial charge on any atom is 0.249 e. The van der Waals surface area contributed by atoms with E-state index in [0.717, 1.165) is 11.1 Å². The molecule has 0 saturated carbocycles. The SMILES string of the molecule is COc1cccc(CCNC(=O)C(O)Cc2ccccc2Cl)c1OC. The first-order chi connectivity index (χ1) is 12.1. The molecule has 2 aromatic rings. The van der Waals surface area contributed by atoms with Gasteiger partial charge in [-0.2, -0.15) is 0 Å². The molecule has 1 unspecified atom stereocenters. The standard InChI is InChI=1S/C19H22ClNO4/c1-24-17-9-5-7-13(18(17)25-2)10-11-21-19(23)16(22)12-14-6-3-4-8-15(14)20/h3-9,16,22H,10-12H2,1-2H3,(H,21,23). The molecule has 0 saturated heterocycles. The Bertz CT molecular complexity index is 720. The van der Waals surface area contributed by atoms with E-state index in [4.69, 9.17) is 21.1 Å². The Balaban J connectivity index is 1.89. The predicted octanol–water partition coefficient (Wildman–Crippen LogP) is 2.62. The number of rotatable bonds is 8. The molecule has 0 aliphatic rings. The fourth-order valence-corrected chi connectivity index (χ4v) is 2.77. The van der Waals surface area contributed by atoms with E-state index in [2.05, 4.69) is 5.32 Å². The first-order valence-corrected chi connectivity index (χ1v) is 8.33. The zero-order valence-corrected chi connectivity index (χ0v) is 15.0. The Kier molecular flexibility index (Phi) is 7.10. The molecule has 2 rings (SSSR count). The van der Waals surface area contributed by atoms with Gasteiger partial charge in [-0.25, -0.2) is 0 Å². The lowest BCUT2D eigenvalue weighted by atomic mass is 10.1. The van der Waals surface area contributed by atoms with Gasteiger partial charge in [0.1, 0.15) is 6.10 Å². The number of halogens is 1. The van der Waals surface area contributed by atoms with Gasteiger partial charge in [0.2, 0.25) is 5.91 Å². The largest absolute Gasteiger partial charge is 0.493 e. The minimum Gasteiger partial charge on any atom is -0.493 e. The van der Waals surface area contributed by atoms with Crippen LogP contribution in [0.15, 0.2) is 42.5 Å². The molecule has 5 nitrogen and oxygen atoms in total. The van der Waals surface area contributed by atoms with Gasteiger partial charge in [-0.3, -0.25) is 4.79 Å². The summed E-state index contributed by atoms with van der Waals surface area (Å²) < 4.78 is 10.6. The van der Waals surface area contributed by atoms with Crippen LogP contribution < -0.4 is 14.8 Å². The number of hydrogen-bond donors (Lipinski definition) is 2. The number of para-hydroxylation sites is 1. The highest BCUT2D eigenvalue weighted by Gasteiger charge is 2.17. The minimum atomic E-state index is -1.15. The summed E-state index contributed by atoms with van der Waals surface area (Å²) in [6.45, 7) is 0.377. The molecule has 2 aromatic carbocycles. The Hall–Kier alpha value is -2.24. The maximum atomic E-state index is 12.1. The predicted molar refractivity (Wildman–Crippen MR) is 97.4 cm³/mol. The summed E-state index contributed by atoms with van der Waals surface area (Å²) in [5, 5.41) is 13.3. The average molecular weight is 364 g/mol. The summed E-state index contributed by atoms with van der Waals surface area (Å²) in [5.74, 6) is 0.864. The monoisotopic (exact) mass is 363 g/mol. The first-order valence-electron chi connectivity index (χ1n) is 7.96. The van der Waals surface area contributed by atoms with Gasteiger partial charge in [0.05, 0.1) is 14.2 Å². The van der Waals surface area contributed by atoms with Crippen molar-refractivity contribution in [3.63, 3.8) is 0 Å². The number of aliphatic hydroxyl groups excluding tert-OH is 1. The molecule has 0 fully saturated rings. The van der Waals surface area contributed by atoms with Crippen LogP contribution in [0.4, 0.5) is 0 Å². The lowest BCUT2D eigenvalue weighted by molar-refractivity contribution is -0.129. The molecule has 0 heterocycles. The van der Waals surface area contributed by atoms with Crippen molar-refractivity contribution in [3.8, 4) is 11.5 Å². The second kappa shape index (κ2) is 9.30. The molecule has 1 amide bonds. The second-order valence-corrected chi connectivity index (χ2v) is 5.91. The van der Waals surface area contributed by atoms with Crippen LogP contribution in [0, 0.1) is 0 Å². The van der Waals surface area contributed by atoms with Gasteiger partial charge in [0.25, 0.3) is 0 Å². The van der Waals surface area contributed by atoms with Crippen molar-refractivity contribution in [1.82, 2.24) is 5.32 Å². The quantitative estimate of drug-likeness (QED) is 0.756. The molecule has 0 spiro atoms. The third-order valence-electron chi connectivity index (χ3n) is 3.85. The third kappa shape index (κ3) is 5.11. The Morgan fingerprint density at radius 1 is 1.12 bits per heavy atom. The number of ether oxygens (including phenoxy) is 2. The summed E-state index contributed by atoms with van der Waals surface area (Å²) in [6, 6.07) is 12.7. The van der Waals surface area contributed by atoms with E-state index in [0.29, 0.717) is 29.5 Å². The molecule has 0 aliphatic carbocycles. The van der Waals surface area contributed by atoms with Gasteiger partial charge < -0.3 is 19.9 Å². The summed E-state index contributed by atoms with van der Waals surface area (Å²) in [5.41, 5.74) is 1.66. The van der Waals surface area contributed by atoms with Crippen LogP contribution in [0.3, 0.4) is 0 Å².